The van der Waals surface area contributed by atoms with Gasteiger partial charge in [0.25, 0.3) is 5.91 Å². The number of carbonyl (C=O) groups is 2. The number of carbonyl (C=O) groups excluding carboxylic acids is 2. The minimum atomic E-state index is -0.221. The highest BCUT2D eigenvalue weighted by Gasteiger charge is 2.41. The normalized spacial score (nSPS) is 27.3. The fourth-order valence-electron chi connectivity index (χ4n) is 3.46. The highest BCUT2D eigenvalue weighted by Crippen LogP contribution is 2.29. The van der Waals surface area contributed by atoms with Crippen molar-refractivity contribution in [2.24, 2.45) is 5.92 Å². The van der Waals surface area contributed by atoms with Crippen molar-refractivity contribution < 1.29 is 14.3 Å². The zero-order valence-corrected chi connectivity index (χ0v) is 12.8. The zero-order valence-electron chi connectivity index (χ0n) is 12.8. The Kier molecular flexibility index (Phi) is 4.43. The standard InChI is InChI=1S/C17H22N2O3/c1-2-22-17(21)14-10-13-8-9-19(11-15(13)18-14)16(20)12-6-4-3-5-7-12/h3-7,13-15,18H,2,8-11H2,1H3/t13-,14-,15-/m0/s1. The lowest BCUT2D eigenvalue weighted by atomic mass is 9.91. The number of esters is 1. The molecule has 5 nitrogen and oxygen atoms in total. The van der Waals surface area contributed by atoms with Crippen molar-refractivity contribution in [2.45, 2.75) is 31.8 Å². The summed E-state index contributed by atoms with van der Waals surface area (Å²) in [5.41, 5.74) is 0.723. The molecular weight excluding hydrogens is 280 g/mol. The molecule has 1 aromatic rings. The summed E-state index contributed by atoms with van der Waals surface area (Å²) >= 11 is 0. The monoisotopic (exact) mass is 302 g/mol. The second-order valence-corrected chi connectivity index (χ2v) is 5.98. The number of rotatable bonds is 3. The first-order valence-corrected chi connectivity index (χ1v) is 7.96. The molecule has 0 bridgehead atoms. The topological polar surface area (TPSA) is 58.6 Å². The second kappa shape index (κ2) is 6.48. The summed E-state index contributed by atoms with van der Waals surface area (Å²) in [6, 6.07) is 9.33. The van der Waals surface area contributed by atoms with Gasteiger partial charge in [-0.15, -0.1) is 0 Å². The molecule has 118 valence electrons. The van der Waals surface area contributed by atoms with Crippen molar-refractivity contribution in [3.05, 3.63) is 35.9 Å². The highest BCUT2D eigenvalue weighted by molar-refractivity contribution is 5.94. The maximum absolute atomic E-state index is 12.5. The molecule has 1 N–H and O–H groups in total. The summed E-state index contributed by atoms with van der Waals surface area (Å²) in [5, 5.41) is 3.35. The van der Waals surface area contributed by atoms with Crippen molar-refractivity contribution in [3.63, 3.8) is 0 Å². The first-order valence-electron chi connectivity index (χ1n) is 7.96. The van der Waals surface area contributed by atoms with Gasteiger partial charge in [0.05, 0.1) is 6.61 Å². The Labute approximate surface area is 130 Å². The maximum Gasteiger partial charge on any atom is 0.323 e. The SMILES string of the molecule is CCOC(=O)[C@@H]1C[C@@H]2CCN(C(=O)c3ccccc3)C[C@@H]2N1. The van der Waals surface area contributed by atoms with E-state index in [0.717, 1.165) is 24.9 Å². The lowest BCUT2D eigenvalue weighted by molar-refractivity contribution is -0.145. The molecule has 2 heterocycles. The largest absolute Gasteiger partial charge is 0.465 e. The minimum Gasteiger partial charge on any atom is -0.465 e. The number of benzene rings is 1. The van der Waals surface area contributed by atoms with E-state index in [0.29, 0.717) is 19.1 Å². The molecule has 5 heteroatoms. The number of fused-ring (bicyclic) bond motifs is 1. The van der Waals surface area contributed by atoms with Gasteiger partial charge in [-0.3, -0.25) is 14.9 Å². The number of hydrogen-bond donors (Lipinski definition) is 1. The van der Waals surface area contributed by atoms with E-state index in [1.165, 1.54) is 0 Å². The van der Waals surface area contributed by atoms with Gasteiger partial charge in [0.1, 0.15) is 6.04 Å². The van der Waals surface area contributed by atoms with Crippen molar-refractivity contribution in [3.8, 4) is 0 Å². The third-order valence-electron chi connectivity index (χ3n) is 4.59. The Morgan fingerprint density at radius 3 is 2.82 bits per heavy atom. The van der Waals surface area contributed by atoms with Gasteiger partial charge in [0, 0.05) is 24.7 Å². The molecule has 0 aliphatic carbocycles. The lowest BCUT2D eigenvalue weighted by Gasteiger charge is -2.34. The van der Waals surface area contributed by atoms with Crippen LogP contribution in [0.4, 0.5) is 0 Å². The molecule has 0 aromatic heterocycles. The van der Waals surface area contributed by atoms with E-state index < -0.39 is 0 Å². The highest BCUT2D eigenvalue weighted by atomic mass is 16.5. The van der Waals surface area contributed by atoms with Crippen molar-refractivity contribution in [1.29, 1.82) is 0 Å². The number of hydrogen-bond acceptors (Lipinski definition) is 4. The van der Waals surface area contributed by atoms with Gasteiger partial charge in [0.2, 0.25) is 0 Å². The smallest absolute Gasteiger partial charge is 0.323 e. The van der Waals surface area contributed by atoms with Crippen molar-refractivity contribution in [2.75, 3.05) is 19.7 Å². The van der Waals surface area contributed by atoms with Gasteiger partial charge >= 0.3 is 5.97 Å². The molecule has 0 saturated carbocycles. The fraction of sp³-hybridized carbons (Fsp3) is 0.529. The number of piperidine rings is 1. The molecule has 2 saturated heterocycles. The maximum atomic E-state index is 12.5. The van der Waals surface area contributed by atoms with Crippen LogP contribution in [0.1, 0.15) is 30.1 Å². The Hall–Kier alpha value is -1.88. The first-order chi connectivity index (χ1) is 10.7. The van der Waals surface area contributed by atoms with Crippen LogP contribution in [-0.2, 0) is 9.53 Å². The summed E-state index contributed by atoms with van der Waals surface area (Å²) in [6.07, 6.45) is 1.75. The van der Waals surface area contributed by atoms with Gasteiger partial charge in [-0.05, 0) is 37.8 Å². The number of nitrogens with zero attached hydrogens (tertiary/aromatic N) is 1. The van der Waals surface area contributed by atoms with Crippen LogP contribution in [-0.4, -0.2) is 48.6 Å². The zero-order chi connectivity index (χ0) is 15.5. The fourth-order valence-corrected chi connectivity index (χ4v) is 3.46. The molecule has 3 rings (SSSR count). The van der Waals surface area contributed by atoms with Crippen LogP contribution in [0.5, 0.6) is 0 Å². The molecule has 3 atom stereocenters. The second-order valence-electron chi connectivity index (χ2n) is 5.98. The van der Waals surface area contributed by atoms with E-state index in [1.807, 2.05) is 42.2 Å². The molecule has 2 aliphatic heterocycles. The van der Waals surface area contributed by atoms with E-state index in [4.69, 9.17) is 4.74 Å². The van der Waals surface area contributed by atoms with Crippen LogP contribution >= 0.6 is 0 Å². The Morgan fingerprint density at radius 1 is 1.32 bits per heavy atom. The Balaban J connectivity index is 1.62. The Morgan fingerprint density at radius 2 is 2.09 bits per heavy atom. The van der Waals surface area contributed by atoms with Crippen LogP contribution in [0.3, 0.4) is 0 Å². The first kappa shape index (κ1) is 15.0. The molecule has 2 aliphatic rings. The summed E-state index contributed by atoms with van der Waals surface area (Å²) in [7, 11) is 0. The molecule has 2 fully saturated rings. The molecule has 0 unspecified atom stereocenters. The average Bonchev–Trinajstić information content (AvgIpc) is 2.98. The molecule has 1 aromatic carbocycles. The average molecular weight is 302 g/mol. The molecule has 0 spiro atoms. The molecule has 1 amide bonds. The third-order valence-corrected chi connectivity index (χ3v) is 4.59. The summed E-state index contributed by atoms with van der Waals surface area (Å²) in [5.74, 6) is 0.354. The van der Waals surface area contributed by atoms with Crippen LogP contribution in [0.15, 0.2) is 30.3 Å². The number of likely N-dealkylation sites (tertiary alicyclic amines) is 1. The van der Waals surface area contributed by atoms with Crippen molar-refractivity contribution >= 4 is 11.9 Å². The quantitative estimate of drug-likeness (QED) is 0.859. The van der Waals surface area contributed by atoms with Gasteiger partial charge in [0.15, 0.2) is 0 Å². The summed E-state index contributed by atoms with van der Waals surface area (Å²) in [4.78, 5) is 26.3. The van der Waals surface area contributed by atoms with E-state index in [9.17, 15) is 9.59 Å². The van der Waals surface area contributed by atoms with Gasteiger partial charge in [-0.25, -0.2) is 0 Å². The number of ether oxygens (including phenoxy) is 1. The van der Waals surface area contributed by atoms with E-state index >= 15 is 0 Å². The van der Waals surface area contributed by atoms with Crippen molar-refractivity contribution in [1.82, 2.24) is 10.2 Å². The van der Waals surface area contributed by atoms with E-state index in [1.54, 1.807) is 0 Å². The molecule has 0 radical (unpaired) electrons. The molecule has 22 heavy (non-hydrogen) atoms. The predicted molar refractivity (Wildman–Crippen MR) is 82.4 cm³/mol. The van der Waals surface area contributed by atoms with Gasteiger partial charge in [-0.2, -0.15) is 0 Å². The van der Waals surface area contributed by atoms with Crippen LogP contribution in [0.2, 0.25) is 0 Å². The number of amides is 1. The minimum absolute atomic E-state index is 0.0698. The molecular formula is C17H22N2O3. The number of nitrogens with one attached hydrogen (secondary N) is 1. The lowest BCUT2D eigenvalue weighted by Crippen LogP contribution is -2.50. The van der Waals surface area contributed by atoms with Crippen LogP contribution in [0, 0.1) is 5.92 Å². The van der Waals surface area contributed by atoms with Crippen LogP contribution < -0.4 is 5.32 Å². The van der Waals surface area contributed by atoms with Gasteiger partial charge in [-0.1, -0.05) is 18.2 Å². The van der Waals surface area contributed by atoms with E-state index in [2.05, 4.69) is 5.32 Å². The Bertz CT molecular complexity index is 546. The van der Waals surface area contributed by atoms with Gasteiger partial charge < -0.3 is 9.64 Å². The van der Waals surface area contributed by atoms with E-state index in [-0.39, 0.29) is 24.0 Å². The van der Waals surface area contributed by atoms with Crippen LogP contribution in [0.25, 0.3) is 0 Å². The predicted octanol–water partition coefficient (Wildman–Crippen LogP) is 1.44. The third kappa shape index (κ3) is 2.99. The summed E-state index contributed by atoms with van der Waals surface area (Å²) in [6.45, 7) is 3.64. The summed E-state index contributed by atoms with van der Waals surface area (Å²) < 4.78 is 5.09.